The highest BCUT2D eigenvalue weighted by Crippen LogP contribution is 2.21. The van der Waals surface area contributed by atoms with Crippen LogP contribution in [0.1, 0.15) is 26.4 Å². The van der Waals surface area contributed by atoms with E-state index in [0.717, 1.165) is 16.6 Å². The molecule has 0 saturated carbocycles. The van der Waals surface area contributed by atoms with Crippen LogP contribution in [0.3, 0.4) is 0 Å². The molecule has 0 N–H and O–H groups in total. The van der Waals surface area contributed by atoms with Crippen molar-refractivity contribution in [1.29, 1.82) is 0 Å². The van der Waals surface area contributed by atoms with Crippen LogP contribution in [-0.2, 0) is 0 Å². The van der Waals surface area contributed by atoms with Crippen LogP contribution in [0.5, 0.6) is 5.75 Å². The van der Waals surface area contributed by atoms with Gasteiger partial charge in [0, 0.05) is 29.3 Å². The van der Waals surface area contributed by atoms with Crippen molar-refractivity contribution in [3.8, 4) is 5.75 Å². The van der Waals surface area contributed by atoms with Gasteiger partial charge in [-0.2, -0.15) is 0 Å². The molecule has 156 valence electrons. The molecule has 0 fully saturated rings. The molecule has 5 heteroatoms. The standard InChI is InChI=1S/C26H24N2O3/c1-19-18-22-10-6-7-11-24(22)28(19)26(30)21-12-14-23(15-13-21)31-17-16-27(2)25(29)20-8-4-3-5-9-20/h3-15,18H,16-17H2,1-2H3. The Morgan fingerprint density at radius 3 is 2.29 bits per heavy atom. The average molecular weight is 412 g/mol. The van der Waals surface area contributed by atoms with Gasteiger partial charge in [0.15, 0.2) is 0 Å². The number of hydrogen-bond acceptors (Lipinski definition) is 3. The Balaban J connectivity index is 1.38. The molecule has 0 unspecified atom stereocenters. The molecule has 0 aliphatic rings. The summed E-state index contributed by atoms with van der Waals surface area (Å²) in [4.78, 5) is 27.0. The van der Waals surface area contributed by atoms with Crippen molar-refractivity contribution in [2.45, 2.75) is 6.92 Å². The third-order valence-corrected chi connectivity index (χ3v) is 5.26. The van der Waals surface area contributed by atoms with E-state index in [4.69, 9.17) is 4.74 Å². The number of amides is 1. The second kappa shape index (κ2) is 8.88. The number of fused-ring (bicyclic) bond motifs is 1. The summed E-state index contributed by atoms with van der Waals surface area (Å²) in [7, 11) is 1.75. The number of para-hydroxylation sites is 1. The first kappa shape index (κ1) is 20.4. The van der Waals surface area contributed by atoms with E-state index in [1.54, 1.807) is 52.9 Å². The largest absolute Gasteiger partial charge is 0.492 e. The molecule has 0 radical (unpaired) electrons. The Kier molecular flexibility index (Phi) is 5.85. The zero-order chi connectivity index (χ0) is 21.8. The van der Waals surface area contributed by atoms with Gasteiger partial charge in [-0.15, -0.1) is 0 Å². The number of carbonyl (C=O) groups is 2. The molecule has 1 heterocycles. The number of aryl methyl sites for hydroxylation is 1. The molecule has 31 heavy (non-hydrogen) atoms. The highest BCUT2D eigenvalue weighted by atomic mass is 16.5. The minimum absolute atomic E-state index is 0.0422. The molecule has 3 aromatic carbocycles. The molecule has 0 spiro atoms. The van der Waals surface area contributed by atoms with Crippen molar-refractivity contribution in [3.05, 3.63) is 102 Å². The lowest BCUT2D eigenvalue weighted by Gasteiger charge is -2.17. The summed E-state index contributed by atoms with van der Waals surface area (Å²) in [6, 6.07) is 26.1. The van der Waals surface area contributed by atoms with Crippen LogP contribution in [0.4, 0.5) is 0 Å². The zero-order valence-electron chi connectivity index (χ0n) is 17.6. The second-order valence-corrected chi connectivity index (χ2v) is 7.45. The normalized spacial score (nSPS) is 10.8. The van der Waals surface area contributed by atoms with Crippen molar-refractivity contribution in [2.75, 3.05) is 20.2 Å². The lowest BCUT2D eigenvalue weighted by atomic mass is 10.2. The number of ether oxygens (including phenoxy) is 1. The highest BCUT2D eigenvalue weighted by Gasteiger charge is 2.15. The lowest BCUT2D eigenvalue weighted by Crippen LogP contribution is -2.30. The van der Waals surface area contributed by atoms with E-state index < -0.39 is 0 Å². The molecule has 0 aliphatic carbocycles. The van der Waals surface area contributed by atoms with E-state index >= 15 is 0 Å². The molecule has 0 atom stereocenters. The minimum Gasteiger partial charge on any atom is -0.492 e. The molecule has 5 nitrogen and oxygen atoms in total. The van der Waals surface area contributed by atoms with Crippen molar-refractivity contribution in [1.82, 2.24) is 9.47 Å². The highest BCUT2D eigenvalue weighted by molar-refractivity contribution is 6.03. The van der Waals surface area contributed by atoms with Crippen molar-refractivity contribution < 1.29 is 14.3 Å². The summed E-state index contributed by atoms with van der Waals surface area (Å²) in [6.07, 6.45) is 0. The molecule has 4 rings (SSSR count). The first-order valence-corrected chi connectivity index (χ1v) is 10.2. The molecule has 1 aromatic heterocycles. The van der Waals surface area contributed by atoms with Gasteiger partial charge in [0.2, 0.25) is 0 Å². The van der Waals surface area contributed by atoms with E-state index in [1.165, 1.54) is 0 Å². The Labute approximate surface area is 181 Å². The molecule has 0 saturated heterocycles. The maximum absolute atomic E-state index is 13.0. The Hall–Kier alpha value is -3.86. The molecule has 0 aliphatic heterocycles. The van der Waals surface area contributed by atoms with Crippen LogP contribution < -0.4 is 4.74 Å². The number of aromatic nitrogens is 1. The summed E-state index contributed by atoms with van der Waals surface area (Å²) in [5, 5.41) is 1.04. The molecular formula is C26H24N2O3. The van der Waals surface area contributed by atoms with E-state index in [2.05, 4.69) is 0 Å². The maximum Gasteiger partial charge on any atom is 0.262 e. The number of hydrogen-bond donors (Lipinski definition) is 0. The van der Waals surface area contributed by atoms with Crippen LogP contribution in [0.25, 0.3) is 10.9 Å². The van der Waals surface area contributed by atoms with Gasteiger partial charge in [-0.3, -0.25) is 14.2 Å². The molecule has 1 amide bonds. The SMILES string of the molecule is Cc1cc2ccccc2n1C(=O)c1ccc(OCCN(C)C(=O)c2ccccc2)cc1. The van der Waals surface area contributed by atoms with Gasteiger partial charge in [-0.25, -0.2) is 0 Å². The summed E-state index contributed by atoms with van der Waals surface area (Å²) in [5.74, 6) is 0.545. The number of rotatable bonds is 6. The second-order valence-electron chi connectivity index (χ2n) is 7.45. The fraction of sp³-hybridized carbons (Fsp3) is 0.154. The van der Waals surface area contributed by atoms with Crippen molar-refractivity contribution in [2.24, 2.45) is 0 Å². The van der Waals surface area contributed by atoms with Crippen LogP contribution >= 0.6 is 0 Å². The van der Waals surface area contributed by atoms with E-state index in [1.807, 2.05) is 55.5 Å². The Morgan fingerprint density at radius 1 is 0.871 bits per heavy atom. The summed E-state index contributed by atoms with van der Waals surface area (Å²) >= 11 is 0. The van der Waals surface area contributed by atoms with Gasteiger partial charge < -0.3 is 9.64 Å². The van der Waals surface area contributed by atoms with Gasteiger partial charge in [0.25, 0.3) is 11.8 Å². The van der Waals surface area contributed by atoms with E-state index in [0.29, 0.717) is 30.0 Å². The van der Waals surface area contributed by atoms with Crippen LogP contribution in [-0.4, -0.2) is 41.5 Å². The van der Waals surface area contributed by atoms with Gasteiger partial charge in [0.1, 0.15) is 12.4 Å². The minimum atomic E-state index is -0.0709. The molecular weight excluding hydrogens is 388 g/mol. The van der Waals surface area contributed by atoms with Gasteiger partial charge in [0.05, 0.1) is 12.1 Å². The average Bonchev–Trinajstić information content (AvgIpc) is 3.14. The molecule has 4 aromatic rings. The third kappa shape index (κ3) is 4.36. The van der Waals surface area contributed by atoms with Crippen molar-refractivity contribution >= 4 is 22.7 Å². The number of benzene rings is 3. The van der Waals surface area contributed by atoms with Crippen LogP contribution in [0.2, 0.25) is 0 Å². The third-order valence-electron chi connectivity index (χ3n) is 5.26. The first-order valence-electron chi connectivity index (χ1n) is 10.2. The Bertz CT molecular complexity index is 1210. The fourth-order valence-corrected chi connectivity index (χ4v) is 3.59. The monoisotopic (exact) mass is 412 g/mol. The fourth-order valence-electron chi connectivity index (χ4n) is 3.59. The first-order chi connectivity index (χ1) is 15.0. The number of nitrogens with zero attached hydrogens (tertiary/aromatic N) is 2. The zero-order valence-corrected chi connectivity index (χ0v) is 17.6. The van der Waals surface area contributed by atoms with E-state index in [9.17, 15) is 9.59 Å². The van der Waals surface area contributed by atoms with Gasteiger partial charge >= 0.3 is 0 Å². The lowest BCUT2D eigenvalue weighted by molar-refractivity contribution is 0.0773. The predicted octanol–water partition coefficient (Wildman–Crippen LogP) is 4.79. The van der Waals surface area contributed by atoms with Gasteiger partial charge in [-0.05, 0) is 55.5 Å². The Morgan fingerprint density at radius 2 is 1.55 bits per heavy atom. The van der Waals surface area contributed by atoms with Crippen molar-refractivity contribution in [3.63, 3.8) is 0 Å². The number of carbonyl (C=O) groups excluding carboxylic acids is 2. The maximum atomic E-state index is 13.0. The van der Waals surface area contributed by atoms with Crippen LogP contribution in [0.15, 0.2) is 84.9 Å². The number of likely N-dealkylation sites (N-methyl/N-ethyl adjacent to an activating group) is 1. The topological polar surface area (TPSA) is 51.5 Å². The smallest absolute Gasteiger partial charge is 0.262 e. The van der Waals surface area contributed by atoms with Gasteiger partial charge in [-0.1, -0.05) is 36.4 Å². The molecule has 0 bridgehead atoms. The quantitative estimate of drug-likeness (QED) is 0.458. The van der Waals surface area contributed by atoms with Crippen LogP contribution in [0, 0.1) is 6.92 Å². The summed E-state index contributed by atoms with van der Waals surface area (Å²) in [6.45, 7) is 2.76. The van der Waals surface area contributed by atoms with E-state index in [-0.39, 0.29) is 11.8 Å². The summed E-state index contributed by atoms with van der Waals surface area (Å²) in [5.41, 5.74) is 3.04. The summed E-state index contributed by atoms with van der Waals surface area (Å²) < 4.78 is 7.50. The predicted molar refractivity (Wildman–Crippen MR) is 122 cm³/mol.